The van der Waals surface area contributed by atoms with Gasteiger partial charge in [0, 0.05) is 10.6 Å². The Labute approximate surface area is 103 Å². The maximum Gasteiger partial charge on any atom is 0.337 e. The summed E-state index contributed by atoms with van der Waals surface area (Å²) < 4.78 is 5.53. The Kier molecular flexibility index (Phi) is 5.04. The molecule has 0 spiro atoms. The first-order valence-electron chi connectivity index (χ1n) is 4.66. The summed E-state index contributed by atoms with van der Waals surface area (Å²) in [6.07, 6.45) is 0. The monoisotopic (exact) mass is 319 g/mol. The number of hydrogen-bond donors (Lipinski definition) is 1. The first kappa shape index (κ1) is 12.4. The lowest BCUT2D eigenvalue weighted by Gasteiger charge is -2.12. The molecule has 1 N–H and O–H groups in total. The van der Waals surface area contributed by atoms with Gasteiger partial charge in [0.05, 0.1) is 12.7 Å². The quantitative estimate of drug-likeness (QED) is 0.401. The van der Waals surface area contributed by atoms with Crippen molar-refractivity contribution in [2.45, 2.75) is 13.0 Å². The van der Waals surface area contributed by atoms with E-state index in [0.717, 1.165) is 4.55 Å². The van der Waals surface area contributed by atoms with Crippen LogP contribution in [0.15, 0.2) is 24.3 Å². The number of halogens is 1. The average molecular weight is 319 g/mol. The summed E-state index contributed by atoms with van der Waals surface area (Å²) in [5, 5.41) is 3.29. The van der Waals surface area contributed by atoms with Crippen molar-refractivity contribution in [3.05, 3.63) is 35.4 Å². The van der Waals surface area contributed by atoms with Gasteiger partial charge in [-0.2, -0.15) is 0 Å². The molecule has 4 heteroatoms. The van der Waals surface area contributed by atoms with E-state index in [-0.39, 0.29) is 5.97 Å². The molecule has 0 heterocycles. The van der Waals surface area contributed by atoms with Gasteiger partial charge in [0.1, 0.15) is 0 Å². The molecule has 0 bridgehead atoms. The summed E-state index contributed by atoms with van der Waals surface area (Å²) in [5.74, 6) is -0.295. The SMILES string of the molecule is COC(=O)c1ccc([C@@H](C)NCI)cc1. The lowest BCUT2D eigenvalue weighted by atomic mass is 10.1. The van der Waals surface area contributed by atoms with Crippen molar-refractivity contribution >= 4 is 28.6 Å². The molecule has 1 aromatic rings. The van der Waals surface area contributed by atoms with Crippen molar-refractivity contribution in [3.63, 3.8) is 0 Å². The zero-order valence-corrected chi connectivity index (χ0v) is 10.9. The molecular weight excluding hydrogens is 305 g/mol. The summed E-state index contributed by atoms with van der Waals surface area (Å²) in [5.41, 5.74) is 1.75. The topological polar surface area (TPSA) is 38.3 Å². The van der Waals surface area contributed by atoms with Crippen LogP contribution in [0.2, 0.25) is 0 Å². The van der Waals surface area contributed by atoms with Gasteiger partial charge < -0.3 is 10.1 Å². The molecule has 0 aliphatic heterocycles. The van der Waals surface area contributed by atoms with Gasteiger partial charge >= 0.3 is 5.97 Å². The summed E-state index contributed by atoms with van der Waals surface area (Å²) in [7, 11) is 1.39. The first-order chi connectivity index (χ1) is 7.19. The summed E-state index contributed by atoms with van der Waals surface area (Å²) in [6.45, 7) is 2.09. The molecule has 1 atom stereocenters. The number of esters is 1. The van der Waals surface area contributed by atoms with E-state index >= 15 is 0 Å². The number of benzene rings is 1. The van der Waals surface area contributed by atoms with E-state index in [4.69, 9.17) is 0 Å². The lowest BCUT2D eigenvalue weighted by Crippen LogP contribution is -2.16. The number of rotatable bonds is 4. The van der Waals surface area contributed by atoms with Crippen LogP contribution in [0.1, 0.15) is 28.9 Å². The fourth-order valence-electron chi connectivity index (χ4n) is 1.26. The highest BCUT2D eigenvalue weighted by atomic mass is 127. The third-order valence-corrected chi connectivity index (χ3v) is 2.66. The molecule has 0 aliphatic carbocycles. The number of methoxy groups -OCH3 is 1. The van der Waals surface area contributed by atoms with E-state index < -0.39 is 0 Å². The second-order valence-electron chi connectivity index (χ2n) is 3.17. The summed E-state index contributed by atoms with van der Waals surface area (Å²) >= 11 is 2.27. The highest BCUT2D eigenvalue weighted by Crippen LogP contribution is 2.13. The van der Waals surface area contributed by atoms with E-state index in [9.17, 15) is 4.79 Å². The molecule has 15 heavy (non-hydrogen) atoms. The summed E-state index contributed by atoms with van der Waals surface area (Å²) in [4.78, 5) is 11.2. The molecule has 0 saturated heterocycles. The molecule has 0 radical (unpaired) electrons. The molecule has 0 saturated carbocycles. The molecular formula is C11H14INO2. The van der Waals surface area contributed by atoms with Crippen LogP contribution in [0.4, 0.5) is 0 Å². The smallest absolute Gasteiger partial charge is 0.337 e. The second kappa shape index (κ2) is 6.07. The second-order valence-corrected chi connectivity index (χ2v) is 3.94. The van der Waals surface area contributed by atoms with Crippen LogP contribution in [0, 0.1) is 0 Å². The van der Waals surface area contributed by atoms with E-state index in [1.807, 2.05) is 12.1 Å². The predicted octanol–water partition coefficient (Wildman–Crippen LogP) is 2.52. The number of carbonyl (C=O) groups excluding carboxylic acids is 1. The number of alkyl halides is 1. The van der Waals surface area contributed by atoms with Crippen LogP contribution in [0.3, 0.4) is 0 Å². The van der Waals surface area contributed by atoms with Crippen LogP contribution >= 0.6 is 22.6 Å². The molecule has 3 nitrogen and oxygen atoms in total. The van der Waals surface area contributed by atoms with Gasteiger partial charge in [0.25, 0.3) is 0 Å². The average Bonchev–Trinajstić information content (AvgIpc) is 2.28. The van der Waals surface area contributed by atoms with Gasteiger partial charge in [-0.15, -0.1) is 0 Å². The van der Waals surface area contributed by atoms with Crippen molar-refractivity contribution in [2.24, 2.45) is 0 Å². The largest absolute Gasteiger partial charge is 0.465 e. The molecule has 0 aromatic heterocycles. The van der Waals surface area contributed by atoms with Gasteiger partial charge in [-0.1, -0.05) is 34.7 Å². The Hall–Kier alpha value is -0.620. The molecule has 1 rings (SSSR count). The first-order valence-corrected chi connectivity index (χ1v) is 6.19. The Morgan fingerprint density at radius 1 is 1.47 bits per heavy atom. The Bertz CT molecular complexity index is 324. The Morgan fingerprint density at radius 3 is 2.53 bits per heavy atom. The number of nitrogens with one attached hydrogen (secondary N) is 1. The minimum Gasteiger partial charge on any atom is -0.465 e. The van der Waals surface area contributed by atoms with Gasteiger partial charge in [-0.05, 0) is 24.6 Å². The van der Waals surface area contributed by atoms with Gasteiger partial charge in [-0.25, -0.2) is 4.79 Å². The van der Waals surface area contributed by atoms with Gasteiger partial charge in [0.2, 0.25) is 0 Å². The Morgan fingerprint density at radius 2 is 2.07 bits per heavy atom. The zero-order valence-electron chi connectivity index (χ0n) is 8.79. The zero-order chi connectivity index (χ0) is 11.3. The van der Waals surface area contributed by atoms with Crippen molar-refractivity contribution in [3.8, 4) is 0 Å². The van der Waals surface area contributed by atoms with Crippen LogP contribution < -0.4 is 5.32 Å². The van der Waals surface area contributed by atoms with Crippen molar-refractivity contribution in [1.29, 1.82) is 0 Å². The van der Waals surface area contributed by atoms with Crippen LogP contribution in [-0.4, -0.2) is 17.6 Å². The van der Waals surface area contributed by atoms with Crippen LogP contribution in [0.25, 0.3) is 0 Å². The van der Waals surface area contributed by atoms with E-state index in [2.05, 4.69) is 39.6 Å². The Balaban J connectivity index is 2.76. The van der Waals surface area contributed by atoms with Crippen molar-refractivity contribution in [2.75, 3.05) is 11.7 Å². The highest BCUT2D eigenvalue weighted by molar-refractivity contribution is 14.1. The minimum atomic E-state index is -0.295. The molecule has 0 unspecified atom stereocenters. The lowest BCUT2D eigenvalue weighted by molar-refractivity contribution is 0.0600. The van der Waals surface area contributed by atoms with Gasteiger partial charge in [0.15, 0.2) is 0 Å². The maximum absolute atomic E-state index is 11.2. The maximum atomic E-state index is 11.2. The van der Waals surface area contributed by atoms with Crippen molar-refractivity contribution < 1.29 is 9.53 Å². The predicted molar refractivity (Wildman–Crippen MR) is 68.2 cm³/mol. The van der Waals surface area contributed by atoms with E-state index in [1.54, 1.807) is 12.1 Å². The third kappa shape index (κ3) is 3.46. The highest BCUT2D eigenvalue weighted by Gasteiger charge is 2.07. The van der Waals surface area contributed by atoms with Crippen LogP contribution in [-0.2, 0) is 4.74 Å². The van der Waals surface area contributed by atoms with Gasteiger partial charge in [-0.3, -0.25) is 0 Å². The standard InChI is InChI=1S/C11H14INO2/c1-8(13-7-12)9-3-5-10(6-4-9)11(14)15-2/h3-6,8,13H,7H2,1-2H3/t8-/m1/s1. The fourth-order valence-corrected chi connectivity index (χ4v) is 1.92. The van der Waals surface area contributed by atoms with E-state index in [0.29, 0.717) is 11.6 Å². The molecule has 0 fully saturated rings. The third-order valence-electron chi connectivity index (χ3n) is 2.22. The fraction of sp³-hybridized carbons (Fsp3) is 0.364. The normalized spacial score (nSPS) is 12.2. The number of carbonyl (C=O) groups is 1. The van der Waals surface area contributed by atoms with Crippen molar-refractivity contribution in [1.82, 2.24) is 5.32 Å². The van der Waals surface area contributed by atoms with Crippen LogP contribution in [0.5, 0.6) is 0 Å². The number of ether oxygens (including phenoxy) is 1. The summed E-state index contributed by atoms with van der Waals surface area (Å²) in [6, 6.07) is 7.75. The molecule has 82 valence electrons. The van der Waals surface area contributed by atoms with E-state index in [1.165, 1.54) is 12.7 Å². The molecule has 0 aliphatic rings. The molecule has 1 aromatic carbocycles. The molecule has 0 amide bonds. The minimum absolute atomic E-state index is 0.295. The number of hydrogen-bond acceptors (Lipinski definition) is 3.